The second-order valence-corrected chi connectivity index (χ2v) is 11.5. The summed E-state index contributed by atoms with van der Waals surface area (Å²) in [6.45, 7) is 13.5. The maximum Gasteiger partial charge on any atom is 0.322 e. The number of carboxylic acids is 1. The molecule has 0 aliphatic heterocycles. The lowest BCUT2D eigenvalue weighted by Gasteiger charge is -2.34. The quantitative estimate of drug-likeness (QED) is 0.419. The summed E-state index contributed by atoms with van der Waals surface area (Å²) in [5.74, 6) is -1.77. The number of ether oxygens (including phenoxy) is 1. The standard InChI is InChI=1S/C27H36O7S/c1-8-27(9-2,20-10-12-22(18(3)14-20)33-16-24(28)26(5,6)7)21-11-13-23(19(4)15-21)34-35(31,32)17-25(29)30/h10-15H,8-9,16-17H2,1-7H3,(H,29,30). The molecule has 2 aromatic rings. The molecule has 0 fully saturated rings. The molecule has 2 aromatic carbocycles. The van der Waals surface area contributed by atoms with Gasteiger partial charge in [-0.05, 0) is 61.1 Å². The minimum Gasteiger partial charge on any atom is -0.486 e. The molecule has 2 rings (SSSR count). The van der Waals surface area contributed by atoms with Crippen LogP contribution in [0.1, 0.15) is 69.7 Å². The van der Waals surface area contributed by atoms with Crippen LogP contribution in [-0.4, -0.2) is 37.6 Å². The van der Waals surface area contributed by atoms with Gasteiger partial charge in [-0.25, -0.2) is 0 Å². The van der Waals surface area contributed by atoms with Crippen molar-refractivity contribution >= 4 is 21.9 Å². The summed E-state index contributed by atoms with van der Waals surface area (Å²) in [5, 5.41) is 8.79. The van der Waals surface area contributed by atoms with Crippen LogP contribution < -0.4 is 8.92 Å². The number of carbonyl (C=O) groups is 2. The summed E-state index contributed by atoms with van der Waals surface area (Å²) in [7, 11) is -4.24. The van der Waals surface area contributed by atoms with E-state index < -0.39 is 27.3 Å². The van der Waals surface area contributed by atoms with Gasteiger partial charge in [-0.15, -0.1) is 0 Å². The lowest BCUT2D eigenvalue weighted by atomic mass is 9.70. The van der Waals surface area contributed by atoms with E-state index in [1.165, 1.54) is 0 Å². The molecule has 0 aliphatic carbocycles. The highest BCUT2D eigenvalue weighted by molar-refractivity contribution is 7.87. The minimum absolute atomic E-state index is 0.0157. The molecule has 0 aliphatic rings. The molecule has 0 amide bonds. The predicted octanol–water partition coefficient (Wildman–Crippen LogP) is 5.20. The molecule has 0 bridgehead atoms. The van der Waals surface area contributed by atoms with Crippen LogP contribution >= 0.6 is 0 Å². The molecule has 0 aromatic heterocycles. The molecular formula is C27H36O7S. The normalized spacial score (nSPS) is 12.3. The van der Waals surface area contributed by atoms with Gasteiger partial charge in [-0.3, -0.25) is 9.59 Å². The SMILES string of the molecule is CCC(CC)(c1ccc(OCC(=O)C(C)(C)C)c(C)c1)c1ccc(OS(=O)(=O)CC(=O)O)c(C)c1. The summed E-state index contributed by atoms with van der Waals surface area (Å²) in [6.07, 6.45) is 1.59. The van der Waals surface area contributed by atoms with Gasteiger partial charge in [-0.1, -0.05) is 58.9 Å². The monoisotopic (exact) mass is 504 g/mol. The Kier molecular flexibility index (Phi) is 8.76. The van der Waals surface area contributed by atoms with Crippen LogP contribution in [0.2, 0.25) is 0 Å². The number of Topliss-reactive ketones (excluding diaryl/α,β-unsaturated/α-hetero) is 1. The molecule has 35 heavy (non-hydrogen) atoms. The van der Waals surface area contributed by atoms with Gasteiger partial charge in [0.2, 0.25) is 0 Å². The van der Waals surface area contributed by atoms with Crippen LogP contribution in [0.25, 0.3) is 0 Å². The molecule has 7 nitrogen and oxygen atoms in total. The third kappa shape index (κ3) is 6.84. The van der Waals surface area contributed by atoms with Gasteiger partial charge < -0.3 is 14.0 Å². The Morgan fingerprint density at radius 2 is 1.37 bits per heavy atom. The smallest absolute Gasteiger partial charge is 0.322 e. The number of aryl methyl sites for hydroxylation is 2. The summed E-state index contributed by atoms with van der Waals surface area (Å²) < 4.78 is 34.8. The molecule has 0 spiro atoms. The molecule has 0 saturated heterocycles. The zero-order valence-electron chi connectivity index (χ0n) is 21.6. The van der Waals surface area contributed by atoms with Crippen molar-refractivity contribution in [3.05, 3.63) is 58.7 Å². The van der Waals surface area contributed by atoms with Crippen molar-refractivity contribution in [2.45, 2.75) is 66.7 Å². The first kappa shape index (κ1) is 28.4. The fourth-order valence-corrected chi connectivity index (χ4v) is 4.88. The number of aliphatic carboxylic acids is 1. The Bertz CT molecular complexity index is 1190. The van der Waals surface area contributed by atoms with Crippen molar-refractivity contribution in [1.82, 2.24) is 0 Å². The molecule has 8 heteroatoms. The fourth-order valence-electron chi connectivity index (χ4n) is 4.06. The van der Waals surface area contributed by atoms with Crippen LogP contribution in [0, 0.1) is 19.3 Å². The third-order valence-corrected chi connectivity index (χ3v) is 7.41. The van der Waals surface area contributed by atoms with Crippen LogP contribution in [-0.2, 0) is 25.1 Å². The van der Waals surface area contributed by atoms with Crippen molar-refractivity contribution in [2.75, 3.05) is 12.4 Å². The first-order valence-electron chi connectivity index (χ1n) is 11.7. The second-order valence-electron chi connectivity index (χ2n) is 9.89. The van der Waals surface area contributed by atoms with Crippen molar-refractivity contribution in [1.29, 1.82) is 0 Å². The molecule has 192 valence electrons. The zero-order chi connectivity index (χ0) is 26.6. The van der Waals surface area contributed by atoms with E-state index in [1.54, 1.807) is 13.0 Å². The number of ketones is 1. The Morgan fingerprint density at radius 1 is 0.886 bits per heavy atom. The van der Waals surface area contributed by atoms with Gasteiger partial charge in [0, 0.05) is 10.8 Å². The van der Waals surface area contributed by atoms with E-state index in [1.807, 2.05) is 52.0 Å². The lowest BCUT2D eigenvalue weighted by molar-refractivity contribution is -0.134. The van der Waals surface area contributed by atoms with Crippen LogP contribution in [0.4, 0.5) is 0 Å². The molecular weight excluding hydrogens is 468 g/mol. The van der Waals surface area contributed by atoms with Crippen molar-refractivity contribution < 1.29 is 32.0 Å². The van der Waals surface area contributed by atoms with Crippen LogP contribution in [0.5, 0.6) is 11.5 Å². The average Bonchev–Trinajstić information content (AvgIpc) is 2.74. The maximum absolute atomic E-state index is 12.2. The summed E-state index contributed by atoms with van der Waals surface area (Å²) in [5.41, 5.74) is 2.80. The number of benzene rings is 2. The number of carbonyl (C=O) groups excluding carboxylic acids is 1. The van der Waals surface area contributed by atoms with Crippen LogP contribution in [0.15, 0.2) is 36.4 Å². The first-order valence-corrected chi connectivity index (χ1v) is 13.2. The van der Waals surface area contributed by atoms with Gasteiger partial charge >= 0.3 is 16.1 Å². The van der Waals surface area contributed by atoms with E-state index >= 15 is 0 Å². The molecule has 0 unspecified atom stereocenters. The lowest BCUT2D eigenvalue weighted by Crippen LogP contribution is -2.27. The Balaban J connectivity index is 2.38. The topological polar surface area (TPSA) is 107 Å². The molecule has 0 heterocycles. The summed E-state index contributed by atoms with van der Waals surface area (Å²) in [4.78, 5) is 23.0. The van der Waals surface area contributed by atoms with E-state index in [-0.39, 0.29) is 23.6 Å². The largest absolute Gasteiger partial charge is 0.486 e. The fraction of sp³-hybridized carbons (Fsp3) is 0.481. The number of rotatable bonds is 11. The Morgan fingerprint density at radius 3 is 1.77 bits per heavy atom. The highest BCUT2D eigenvalue weighted by atomic mass is 32.2. The maximum atomic E-state index is 12.2. The van der Waals surface area contributed by atoms with E-state index in [0.29, 0.717) is 11.3 Å². The summed E-state index contributed by atoms with van der Waals surface area (Å²) in [6, 6.07) is 11.3. The zero-order valence-corrected chi connectivity index (χ0v) is 22.4. The van der Waals surface area contributed by atoms with E-state index in [2.05, 4.69) is 19.9 Å². The number of carboxylic acid groups (broad SMARTS) is 1. The highest BCUT2D eigenvalue weighted by Gasteiger charge is 2.32. The molecule has 0 saturated carbocycles. The number of hydrogen-bond acceptors (Lipinski definition) is 6. The highest BCUT2D eigenvalue weighted by Crippen LogP contribution is 2.41. The average molecular weight is 505 g/mol. The van der Waals surface area contributed by atoms with Gasteiger partial charge in [0.05, 0.1) is 0 Å². The van der Waals surface area contributed by atoms with E-state index in [0.717, 1.165) is 29.5 Å². The Hall–Kier alpha value is -2.87. The van der Waals surface area contributed by atoms with E-state index in [9.17, 15) is 18.0 Å². The number of hydrogen-bond donors (Lipinski definition) is 1. The van der Waals surface area contributed by atoms with Crippen LogP contribution in [0.3, 0.4) is 0 Å². The Labute approximate surface area is 208 Å². The third-order valence-electron chi connectivity index (χ3n) is 6.37. The van der Waals surface area contributed by atoms with Gasteiger partial charge in [0.25, 0.3) is 0 Å². The minimum atomic E-state index is -4.24. The molecule has 1 N–H and O–H groups in total. The van der Waals surface area contributed by atoms with E-state index in [4.69, 9.17) is 14.0 Å². The molecule has 0 atom stereocenters. The predicted molar refractivity (Wildman–Crippen MR) is 136 cm³/mol. The van der Waals surface area contributed by atoms with Gasteiger partial charge in [-0.2, -0.15) is 8.42 Å². The van der Waals surface area contributed by atoms with Crippen molar-refractivity contribution in [3.63, 3.8) is 0 Å². The molecule has 0 radical (unpaired) electrons. The van der Waals surface area contributed by atoms with Crippen molar-refractivity contribution in [2.24, 2.45) is 5.41 Å². The second kappa shape index (κ2) is 10.8. The van der Waals surface area contributed by atoms with Gasteiger partial charge in [0.1, 0.15) is 18.1 Å². The van der Waals surface area contributed by atoms with Crippen molar-refractivity contribution in [3.8, 4) is 11.5 Å². The first-order chi connectivity index (χ1) is 16.1. The summed E-state index contributed by atoms with van der Waals surface area (Å²) >= 11 is 0. The van der Waals surface area contributed by atoms with Gasteiger partial charge in [0.15, 0.2) is 11.5 Å².